The van der Waals surface area contributed by atoms with Crippen molar-refractivity contribution in [1.29, 1.82) is 0 Å². The van der Waals surface area contributed by atoms with Gasteiger partial charge in [-0.2, -0.15) is 4.31 Å². The van der Waals surface area contributed by atoms with E-state index in [0.29, 0.717) is 0 Å². The molecule has 0 bridgehead atoms. The SMILES string of the molecule is Cc1ccc(CN(C(C)C)S(=O)(=O)c2cc(C(=O)O)co2)s1. The number of aromatic carboxylic acids is 1. The Balaban J connectivity index is 2.35. The van der Waals surface area contributed by atoms with Crippen LogP contribution in [-0.4, -0.2) is 29.8 Å². The fourth-order valence-electron chi connectivity index (χ4n) is 1.95. The molecule has 2 aromatic heterocycles. The molecule has 0 aliphatic heterocycles. The minimum absolute atomic E-state index is 0.186. The number of carboxylic acids is 1. The third-order valence-electron chi connectivity index (χ3n) is 3.07. The fourth-order valence-corrected chi connectivity index (χ4v) is 4.46. The van der Waals surface area contributed by atoms with E-state index >= 15 is 0 Å². The quantitative estimate of drug-likeness (QED) is 0.871. The molecule has 0 radical (unpaired) electrons. The molecule has 0 aliphatic rings. The summed E-state index contributed by atoms with van der Waals surface area (Å²) in [5.41, 5.74) is -0.186. The average molecular weight is 343 g/mol. The van der Waals surface area contributed by atoms with Crippen molar-refractivity contribution in [2.75, 3.05) is 0 Å². The smallest absolute Gasteiger partial charge is 0.339 e. The molecule has 0 atom stereocenters. The molecule has 120 valence electrons. The Hall–Kier alpha value is -1.64. The maximum Gasteiger partial charge on any atom is 0.339 e. The molecule has 0 spiro atoms. The van der Waals surface area contributed by atoms with Crippen LogP contribution in [0.4, 0.5) is 0 Å². The van der Waals surface area contributed by atoms with Crippen LogP contribution in [0.2, 0.25) is 0 Å². The molecule has 0 amide bonds. The third-order valence-corrected chi connectivity index (χ3v) is 5.95. The van der Waals surface area contributed by atoms with Crippen LogP contribution in [0.15, 0.2) is 34.0 Å². The van der Waals surface area contributed by atoms with Crippen LogP contribution in [0.1, 0.15) is 34.0 Å². The van der Waals surface area contributed by atoms with E-state index in [1.807, 2.05) is 19.1 Å². The number of aryl methyl sites for hydroxylation is 1. The van der Waals surface area contributed by atoms with Crippen molar-refractivity contribution in [2.24, 2.45) is 0 Å². The minimum atomic E-state index is -3.89. The second-order valence-corrected chi connectivity index (χ2v) is 8.31. The summed E-state index contributed by atoms with van der Waals surface area (Å²) in [5, 5.41) is 8.53. The number of sulfonamides is 1. The normalized spacial score (nSPS) is 12.2. The number of rotatable bonds is 6. The first-order chi connectivity index (χ1) is 10.2. The van der Waals surface area contributed by atoms with Crippen LogP contribution >= 0.6 is 11.3 Å². The Morgan fingerprint density at radius 2 is 2.09 bits per heavy atom. The molecule has 0 unspecified atom stereocenters. The Labute approximate surface area is 133 Å². The van der Waals surface area contributed by atoms with E-state index in [1.165, 1.54) is 15.6 Å². The second kappa shape index (κ2) is 6.23. The largest absolute Gasteiger partial charge is 0.478 e. The van der Waals surface area contributed by atoms with Crippen molar-refractivity contribution in [3.8, 4) is 0 Å². The van der Waals surface area contributed by atoms with Gasteiger partial charge in [-0.1, -0.05) is 0 Å². The van der Waals surface area contributed by atoms with Gasteiger partial charge in [-0.15, -0.1) is 11.3 Å². The van der Waals surface area contributed by atoms with Gasteiger partial charge in [0.1, 0.15) is 6.26 Å². The summed E-state index contributed by atoms with van der Waals surface area (Å²) in [6.45, 7) is 5.70. The van der Waals surface area contributed by atoms with Crippen LogP contribution in [-0.2, 0) is 16.6 Å². The molecule has 6 nitrogen and oxygen atoms in total. The molecule has 2 rings (SSSR count). The van der Waals surface area contributed by atoms with Gasteiger partial charge in [0.15, 0.2) is 0 Å². The molecule has 0 aromatic carbocycles. The van der Waals surface area contributed by atoms with E-state index in [2.05, 4.69) is 0 Å². The van der Waals surface area contributed by atoms with E-state index in [1.54, 1.807) is 13.8 Å². The lowest BCUT2D eigenvalue weighted by molar-refractivity contribution is 0.0696. The topological polar surface area (TPSA) is 87.8 Å². The lowest BCUT2D eigenvalue weighted by Gasteiger charge is -2.24. The van der Waals surface area contributed by atoms with Gasteiger partial charge in [0.25, 0.3) is 10.0 Å². The summed E-state index contributed by atoms with van der Waals surface area (Å²) >= 11 is 1.52. The summed E-state index contributed by atoms with van der Waals surface area (Å²) in [5.74, 6) is -1.23. The minimum Gasteiger partial charge on any atom is -0.478 e. The molecule has 1 N–H and O–H groups in total. The van der Waals surface area contributed by atoms with Crippen molar-refractivity contribution in [3.05, 3.63) is 39.8 Å². The van der Waals surface area contributed by atoms with Gasteiger partial charge < -0.3 is 9.52 Å². The summed E-state index contributed by atoms with van der Waals surface area (Å²) in [6, 6.07) is 4.56. The number of furan rings is 1. The third kappa shape index (κ3) is 3.40. The van der Waals surface area contributed by atoms with Gasteiger partial charge in [0.2, 0.25) is 5.09 Å². The molecular formula is C14H17NO5S2. The number of hydrogen-bond donors (Lipinski definition) is 1. The number of thiophene rings is 1. The molecule has 8 heteroatoms. The highest BCUT2D eigenvalue weighted by molar-refractivity contribution is 7.89. The predicted octanol–water partition coefficient (Wildman–Crippen LogP) is 2.95. The summed E-state index contributed by atoms with van der Waals surface area (Å²) in [4.78, 5) is 12.9. The molecule has 0 saturated carbocycles. The standard InChI is InChI=1S/C14H17NO5S2/c1-9(2)15(7-12-5-4-10(3)21-12)22(18,19)13-6-11(8-20-13)14(16)17/h4-6,8-9H,7H2,1-3H3,(H,16,17). The van der Waals surface area contributed by atoms with Gasteiger partial charge in [-0.3, -0.25) is 0 Å². The molecule has 2 heterocycles. The fraction of sp³-hybridized carbons (Fsp3) is 0.357. The molecule has 2 aromatic rings. The first-order valence-corrected chi connectivity index (χ1v) is 8.86. The van der Waals surface area contributed by atoms with Crippen molar-refractivity contribution in [1.82, 2.24) is 4.31 Å². The highest BCUT2D eigenvalue weighted by atomic mass is 32.2. The number of hydrogen-bond acceptors (Lipinski definition) is 5. The highest BCUT2D eigenvalue weighted by Crippen LogP contribution is 2.25. The summed E-state index contributed by atoms with van der Waals surface area (Å²) in [6.07, 6.45) is 0.934. The Morgan fingerprint density at radius 3 is 2.55 bits per heavy atom. The van der Waals surface area contributed by atoms with Crippen molar-refractivity contribution in [3.63, 3.8) is 0 Å². The average Bonchev–Trinajstić information content (AvgIpc) is 3.04. The maximum absolute atomic E-state index is 12.7. The van der Waals surface area contributed by atoms with Gasteiger partial charge in [-0.05, 0) is 32.9 Å². The van der Waals surface area contributed by atoms with Crippen LogP contribution in [0.3, 0.4) is 0 Å². The first-order valence-electron chi connectivity index (χ1n) is 6.61. The second-order valence-electron chi connectivity index (χ2n) is 5.12. The van der Waals surface area contributed by atoms with Crippen molar-refractivity contribution >= 4 is 27.3 Å². The van der Waals surface area contributed by atoms with E-state index in [9.17, 15) is 13.2 Å². The number of nitrogens with zero attached hydrogens (tertiary/aromatic N) is 1. The van der Waals surface area contributed by atoms with Gasteiger partial charge >= 0.3 is 5.97 Å². The zero-order valence-corrected chi connectivity index (χ0v) is 14.1. The van der Waals surface area contributed by atoms with E-state index in [-0.39, 0.29) is 23.2 Å². The van der Waals surface area contributed by atoms with Gasteiger partial charge in [0.05, 0.1) is 5.56 Å². The summed E-state index contributed by atoms with van der Waals surface area (Å²) in [7, 11) is -3.89. The molecule has 0 aliphatic carbocycles. The molecule has 0 fully saturated rings. The Morgan fingerprint density at radius 1 is 1.41 bits per heavy atom. The van der Waals surface area contributed by atoms with Crippen LogP contribution in [0.25, 0.3) is 0 Å². The monoisotopic (exact) mass is 343 g/mol. The van der Waals surface area contributed by atoms with Crippen LogP contribution in [0, 0.1) is 6.92 Å². The molecule has 0 saturated heterocycles. The van der Waals surface area contributed by atoms with E-state index < -0.39 is 16.0 Å². The van der Waals surface area contributed by atoms with E-state index in [0.717, 1.165) is 22.1 Å². The van der Waals surface area contributed by atoms with Crippen LogP contribution < -0.4 is 0 Å². The van der Waals surface area contributed by atoms with E-state index in [4.69, 9.17) is 9.52 Å². The van der Waals surface area contributed by atoms with Gasteiger partial charge in [-0.25, -0.2) is 13.2 Å². The number of carboxylic acid groups (broad SMARTS) is 1. The lowest BCUT2D eigenvalue weighted by Crippen LogP contribution is -2.36. The number of carbonyl (C=O) groups is 1. The maximum atomic E-state index is 12.7. The van der Waals surface area contributed by atoms with Crippen molar-refractivity contribution < 1.29 is 22.7 Å². The predicted molar refractivity (Wildman–Crippen MR) is 82.6 cm³/mol. The zero-order valence-electron chi connectivity index (χ0n) is 12.4. The molecular weight excluding hydrogens is 326 g/mol. The van der Waals surface area contributed by atoms with Crippen molar-refractivity contribution in [2.45, 2.75) is 38.5 Å². The zero-order chi connectivity index (χ0) is 16.5. The Kier molecular flexibility index (Phi) is 4.74. The van der Waals surface area contributed by atoms with Gasteiger partial charge in [0, 0.05) is 28.4 Å². The lowest BCUT2D eigenvalue weighted by atomic mass is 10.3. The first kappa shape index (κ1) is 16.7. The molecule has 22 heavy (non-hydrogen) atoms. The highest BCUT2D eigenvalue weighted by Gasteiger charge is 2.31. The van der Waals surface area contributed by atoms with Crippen LogP contribution in [0.5, 0.6) is 0 Å². The Bertz CT molecular complexity index is 773. The summed E-state index contributed by atoms with van der Waals surface area (Å²) < 4.78 is 31.6.